The minimum atomic E-state index is 0.616. The van der Waals surface area contributed by atoms with E-state index in [2.05, 4.69) is 34.3 Å². The lowest BCUT2D eigenvalue weighted by Gasteiger charge is -2.09. The van der Waals surface area contributed by atoms with Gasteiger partial charge in [-0.05, 0) is 26.0 Å². The molecule has 1 N–H and O–H groups in total. The lowest BCUT2D eigenvalue weighted by molar-refractivity contribution is 0.393. The molecule has 0 radical (unpaired) electrons. The molecule has 0 saturated carbocycles. The third-order valence-corrected chi connectivity index (χ3v) is 3.46. The molecule has 0 aliphatic rings. The normalized spacial score (nSPS) is 10.3. The van der Waals surface area contributed by atoms with Crippen molar-refractivity contribution in [1.29, 1.82) is 0 Å². The Labute approximate surface area is 105 Å². The summed E-state index contributed by atoms with van der Waals surface area (Å²) in [6.45, 7) is 4.83. The van der Waals surface area contributed by atoms with E-state index < -0.39 is 0 Å². The van der Waals surface area contributed by atoms with Crippen LogP contribution in [0.1, 0.15) is 15.3 Å². The molecule has 0 aromatic carbocycles. The maximum absolute atomic E-state index is 5.15. The second-order valence-corrected chi connectivity index (χ2v) is 5.09. The first-order chi connectivity index (χ1) is 8.20. The number of thiophene rings is 1. The zero-order chi connectivity index (χ0) is 12.3. The predicted octanol–water partition coefficient (Wildman–Crippen LogP) is 2.78. The van der Waals surface area contributed by atoms with Crippen molar-refractivity contribution >= 4 is 17.2 Å². The Morgan fingerprint density at radius 3 is 2.76 bits per heavy atom. The summed E-state index contributed by atoms with van der Waals surface area (Å²) in [5, 5.41) is 3.30. The van der Waals surface area contributed by atoms with Gasteiger partial charge >= 0.3 is 0 Å². The first kappa shape index (κ1) is 11.9. The second-order valence-electron chi connectivity index (χ2n) is 3.72. The van der Waals surface area contributed by atoms with E-state index in [4.69, 9.17) is 4.74 Å². The van der Waals surface area contributed by atoms with E-state index in [0.717, 1.165) is 17.9 Å². The molecule has 0 bridgehead atoms. The molecule has 2 aromatic rings. The molecule has 0 atom stereocenters. The number of rotatable bonds is 4. The molecule has 2 aromatic heterocycles. The van der Waals surface area contributed by atoms with Crippen molar-refractivity contribution in [2.75, 3.05) is 12.4 Å². The Morgan fingerprint density at radius 2 is 2.12 bits per heavy atom. The summed E-state index contributed by atoms with van der Waals surface area (Å²) < 4.78 is 5.15. The Kier molecular flexibility index (Phi) is 3.58. The third kappa shape index (κ3) is 2.74. The quantitative estimate of drug-likeness (QED) is 0.905. The first-order valence-electron chi connectivity index (χ1n) is 5.35. The number of aryl methyl sites for hydroxylation is 1. The van der Waals surface area contributed by atoms with Gasteiger partial charge < -0.3 is 10.1 Å². The van der Waals surface area contributed by atoms with Crippen LogP contribution in [-0.2, 0) is 6.54 Å². The highest BCUT2D eigenvalue weighted by Crippen LogP contribution is 2.21. The summed E-state index contributed by atoms with van der Waals surface area (Å²) in [7, 11) is 1.61. The number of methoxy groups -OCH3 is 1. The van der Waals surface area contributed by atoms with Gasteiger partial charge in [0, 0.05) is 9.75 Å². The van der Waals surface area contributed by atoms with Crippen LogP contribution in [0, 0.1) is 13.8 Å². The molecule has 0 saturated heterocycles. The van der Waals surface area contributed by atoms with Gasteiger partial charge in [0.15, 0.2) is 0 Å². The van der Waals surface area contributed by atoms with Crippen molar-refractivity contribution < 1.29 is 4.74 Å². The highest BCUT2D eigenvalue weighted by atomic mass is 32.1. The van der Waals surface area contributed by atoms with Crippen LogP contribution in [0.25, 0.3) is 0 Å². The van der Waals surface area contributed by atoms with Crippen molar-refractivity contribution in [1.82, 2.24) is 9.97 Å². The van der Waals surface area contributed by atoms with E-state index in [1.54, 1.807) is 18.4 Å². The minimum Gasteiger partial charge on any atom is -0.481 e. The highest BCUT2D eigenvalue weighted by Gasteiger charge is 2.06. The molecule has 5 heteroatoms. The van der Waals surface area contributed by atoms with Gasteiger partial charge in [0.05, 0.1) is 19.2 Å². The molecule has 17 heavy (non-hydrogen) atoms. The number of aromatic nitrogens is 2. The first-order valence-corrected chi connectivity index (χ1v) is 6.17. The molecular formula is C12H15N3OS. The maximum Gasteiger partial charge on any atom is 0.221 e. The highest BCUT2D eigenvalue weighted by molar-refractivity contribution is 7.11. The predicted molar refractivity (Wildman–Crippen MR) is 69.7 cm³/mol. The average Bonchev–Trinajstić information content (AvgIpc) is 2.74. The lowest BCUT2D eigenvalue weighted by atomic mass is 10.3. The van der Waals surface area contributed by atoms with E-state index in [-0.39, 0.29) is 0 Å². The molecule has 0 fully saturated rings. The second kappa shape index (κ2) is 5.14. The van der Waals surface area contributed by atoms with Crippen LogP contribution in [0.3, 0.4) is 0 Å². The monoisotopic (exact) mass is 249 g/mol. The van der Waals surface area contributed by atoms with Gasteiger partial charge in [-0.1, -0.05) is 0 Å². The SMILES string of the molecule is COc1ncnc(NCc2ccc(C)s2)c1C. The van der Waals surface area contributed by atoms with Crippen molar-refractivity contribution in [2.45, 2.75) is 20.4 Å². The van der Waals surface area contributed by atoms with Crippen molar-refractivity contribution in [2.24, 2.45) is 0 Å². The zero-order valence-electron chi connectivity index (χ0n) is 10.2. The largest absolute Gasteiger partial charge is 0.481 e. The molecule has 0 amide bonds. The number of hydrogen-bond donors (Lipinski definition) is 1. The van der Waals surface area contributed by atoms with Gasteiger partial charge in [0.25, 0.3) is 0 Å². The van der Waals surface area contributed by atoms with E-state index in [1.165, 1.54) is 16.1 Å². The van der Waals surface area contributed by atoms with Gasteiger partial charge in [-0.25, -0.2) is 9.97 Å². The molecule has 0 aliphatic heterocycles. The van der Waals surface area contributed by atoms with E-state index >= 15 is 0 Å². The summed E-state index contributed by atoms with van der Waals surface area (Å²) in [5.74, 6) is 1.44. The summed E-state index contributed by atoms with van der Waals surface area (Å²) in [6.07, 6.45) is 1.51. The fourth-order valence-corrected chi connectivity index (χ4v) is 2.40. The van der Waals surface area contributed by atoms with Crippen molar-refractivity contribution in [3.8, 4) is 5.88 Å². The summed E-state index contributed by atoms with van der Waals surface area (Å²) in [4.78, 5) is 10.9. The molecule has 90 valence electrons. The molecule has 0 spiro atoms. The number of anilines is 1. The molecule has 0 aliphatic carbocycles. The van der Waals surface area contributed by atoms with Crippen molar-refractivity contribution in [3.63, 3.8) is 0 Å². The third-order valence-electron chi connectivity index (χ3n) is 2.46. The molecule has 2 rings (SSSR count). The Morgan fingerprint density at radius 1 is 1.29 bits per heavy atom. The molecule has 2 heterocycles. The van der Waals surface area contributed by atoms with Crippen LogP contribution in [0.5, 0.6) is 5.88 Å². The van der Waals surface area contributed by atoms with Gasteiger partial charge in [-0.15, -0.1) is 11.3 Å². The van der Waals surface area contributed by atoms with Crippen LogP contribution < -0.4 is 10.1 Å². The molecular weight excluding hydrogens is 234 g/mol. The fraction of sp³-hybridized carbons (Fsp3) is 0.333. The summed E-state index contributed by atoms with van der Waals surface area (Å²) >= 11 is 1.79. The molecule has 0 unspecified atom stereocenters. The summed E-state index contributed by atoms with van der Waals surface area (Å²) in [5.41, 5.74) is 0.934. The Hall–Kier alpha value is -1.62. The van der Waals surface area contributed by atoms with Crippen LogP contribution in [0.4, 0.5) is 5.82 Å². The van der Waals surface area contributed by atoms with Gasteiger partial charge in [0.2, 0.25) is 5.88 Å². The van der Waals surface area contributed by atoms with Crippen LogP contribution in [0.15, 0.2) is 18.5 Å². The summed E-state index contributed by atoms with van der Waals surface area (Å²) in [6, 6.07) is 4.25. The van der Waals surface area contributed by atoms with Gasteiger partial charge in [0.1, 0.15) is 12.1 Å². The number of nitrogens with one attached hydrogen (secondary N) is 1. The Balaban J connectivity index is 2.09. The standard InChI is InChI=1S/C12H15N3OS/c1-8-4-5-10(17-8)6-13-11-9(2)12(16-3)15-7-14-11/h4-5,7H,6H2,1-3H3,(H,13,14,15). The Bertz CT molecular complexity index is 510. The van der Waals surface area contributed by atoms with E-state index in [1.807, 2.05) is 6.92 Å². The van der Waals surface area contributed by atoms with Crippen LogP contribution >= 0.6 is 11.3 Å². The van der Waals surface area contributed by atoms with E-state index in [9.17, 15) is 0 Å². The van der Waals surface area contributed by atoms with Crippen LogP contribution in [-0.4, -0.2) is 17.1 Å². The topological polar surface area (TPSA) is 47.0 Å². The smallest absolute Gasteiger partial charge is 0.221 e. The number of nitrogens with zero attached hydrogens (tertiary/aromatic N) is 2. The number of hydrogen-bond acceptors (Lipinski definition) is 5. The minimum absolute atomic E-state index is 0.616. The maximum atomic E-state index is 5.15. The average molecular weight is 249 g/mol. The van der Waals surface area contributed by atoms with Crippen LogP contribution in [0.2, 0.25) is 0 Å². The van der Waals surface area contributed by atoms with Crippen molar-refractivity contribution in [3.05, 3.63) is 33.8 Å². The molecule has 4 nitrogen and oxygen atoms in total. The number of ether oxygens (including phenoxy) is 1. The van der Waals surface area contributed by atoms with Gasteiger partial charge in [-0.3, -0.25) is 0 Å². The zero-order valence-corrected chi connectivity index (χ0v) is 11.0. The lowest BCUT2D eigenvalue weighted by Crippen LogP contribution is -2.04. The van der Waals surface area contributed by atoms with Gasteiger partial charge in [-0.2, -0.15) is 0 Å². The van der Waals surface area contributed by atoms with E-state index in [0.29, 0.717) is 5.88 Å². The fourth-order valence-electron chi connectivity index (χ4n) is 1.57.